The quantitative estimate of drug-likeness (QED) is 0.826. The number of nitrogens with two attached hydrogens (primary N) is 1. The van der Waals surface area contributed by atoms with Gasteiger partial charge in [0.15, 0.2) is 0 Å². The predicted octanol–water partition coefficient (Wildman–Crippen LogP) is 1.69. The van der Waals surface area contributed by atoms with Gasteiger partial charge in [-0.25, -0.2) is 0 Å². The van der Waals surface area contributed by atoms with Crippen LogP contribution in [0.1, 0.15) is 47.0 Å². The van der Waals surface area contributed by atoms with Crippen LogP contribution in [-0.2, 0) is 4.79 Å². The predicted molar refractivity (Wildman–Crippen MR) is 79.9 cm³/mol. The van der Waals surface area contributed by atoms with E-state index in [2.05, 4.69) is 25.8 Å². The molecule has 1 aliphatic rings. The molecule has 1 saturated heterocycles. The molecule has 1 unspecified atom stereocenters. The Morgan fingerprint density at radius 3 is 2.42 bits per heavy atom. The number of piperidine rings is 1. The van der Waals surface area contributed by atoms with Crippen molar-refractivity contribution in [3.8, 4) is 0 Å². The molecule has 1 amide bonds. The summed E-state index contributed by atoms with van der Waals surface area (Å²) in [6, 6.07) is 0.323. The molecule has 1 aliphatic heterocycles. The van der Waals surface area contributed by atoms with Crippen LogP contribution in [-0.4, -0.2) is 54.0 Å². The van der Waals surface area contributed by atoms with Gasteiger partial charge in [0.1, 0.15) is 0 Å². The fourth-order valence-corrected chi connectivity index (χ4v) is 2.63. The largest absolute Gasteiger partial charge is 0.337 e. The van der Waals surface area contributed by atoms with E-state index < -0.39 is 0 Å². The zero-order valence-corrected chi connectivity index (χ0v) is 13.2. The summed E-state index contributed by atoms with van der Waals surface area (Å²) >= 11 is 0. The monoisotopic (exact) mass is 269 g/mol. The first-order chi connectivity index (χ1) is 8.84. The molecule has 1 fully saturated rings. The van der Waals surface area contributed by atoms with E-state index in [4.69, 9.17) is 5.73 Å². The van der Waals surface area contributed by atoms with Gasteiger partial charge in [-0.2, -0.15) is 0 Å². The Bertz CT molecular complexity index is 291. The second kappa shape index (κ2) is 7.25. The van der Waals surface area contributed by atoms with Crippen molar-refractivity contribution in [2.24, 2.45) is 11.7 Å². The highest BCUT2D eigenvalue weighted by Gasteiger charge is 2.29. The van der Waals surface area contributed by atoms with E-state index >= 15 is 0 Å². The van der Waals surface area contributed by atoms with Gasteiger partial charge in [0.25, 0.3) is 0 Å². The zero-order valence-electron chi connectivity index (χ0n) is 13.2. The van der Waals surface area contributed by atoms with Gasteiger partial charge in [-0.15, -0.1) is 0 Å². The lowest BCUT2D eigenvalue weighted by atomic mass is 9.99. The van der Waals surface area contributed by atoms with Crippen molar-refractivity contribution in [1.82, 2.24) is 9.80 Å². The van der Waals surface area contributed by atoms with E-state index in [1.54, 1.807) is 0 Å². The number of hydrogen-bond acceptors (Lipinski definition) is 3. The molecular formula is C15H31N3O. The van der Waals surface area contributed by atoms with Crippen molar-refractivity contribution < 1.29 is 4.79 Å². The SMILES string of the molecule is CC(C)C(N)C(=O)N(C[C@@H]1CCCCN1C)C(C)C. The molecule has 4 heteroatoms. The number of amides is 1. The van der Waals surface area contributed by atoms with Gasteiger partial charge in [0.05, 0.1) is 6.04 Å². The van der Waals surface area contributed by atoms with E-state index in [0.29, 0.717) is 6.04 Å². The highest BCUT2D eigenvalue weighted by molar-refractivity contribution is 5.82. The van der Waals surface area contributed by atoms with Crippen LogP contribution >= 0.6 is 0 Å². The van der Waals surface area contributed by atoms with Crippen LogP contribution in [0, 0.1) is 5.92 Å². The maximum absolute atomic E-state index is 12.5. The summed E-state index contributed by atoms with van der Waals surface area (Å²) in [5.41, 5.74) is 6.03. The second-order valence-electron chi connectivity index (χ2n) is 6.48. The van der Waals surface area contributed by atoms with E-state index in [0.717, 1.165) is 13.1 Å². The van der Waals surface area contributed by atoms with Crippen LogP contribution in [0.5, 0.6) is 0 Å². The molecule has 1 heterocycles. The van der Waals surface area contributed by atoms with E-state index in [1.165, 1.54) is 19.3 Å². The Hall–Kier alpha value is -0.610. The van der Waals surface area contributed by atoms with Gasteiger partial charge in [-0.3, -0.25) is 4.79 Å². The number of likely N-dealkylation sites (tertiary alicyclic amines) is 1. The number of nitrogens with zero attached hydrogens (tertiary/aromatic N) is 2. The molecule has 0 spiro atoms. The first-order valence-electron chi connectivity index (χ1n) is 7.61. The molecule has 0 saturated carbocycles. The fourth-order valence-electron chi connectivity index (χ4n) is 2.63. The molecule has 1 rings (SSSR count). The van der Waals surface area contributed by atoms with Crippen molar-refractivity contribution in [2.45, 2.75) is 65.1 Å². The summed E-state index contributed by atoms with van der Waals surface area (Å²) < 4.78 is 0. The number of carbonyl (C=O) groups excluding carboxylic acids is 1. The van der Waals surface area contributed by atoms with Gasteiger partial charge < -0.3 is 15.5 Å². The van der Waals surface area contributed by atoms with Crippen LogP contribution in [0.2, 0.25) is 0 Å². The van der Waals surface area contributed by atoms with Crippen molar-refractivity contribution in [3.05, 3.63) is 0 Å². The number of carbonyl (C=O) groups is 1. The number of likely N-dealkylation sites (N-methyl/N-ethyl adjacent to an activating group) is 1. The molecule has 0 aromatic heterocycles. The summed E-state index contributed by atoms with van der Waals surface area (Å²) in [6.07, 6.45) is 3.73. The molecule has 112 valence electrons. The number of hydrogen-bond donors (Lipinski definition) is 1. The number of rotatable bonds is 5. The van der Waals surface area contributed by atoms with Crippen molar-refractivity contribution in [1.29, 1.82) is 0 Å². The van der Waals surface area contributed by atoms with E-state index in [9.17, 15) is 4.79 Å². The molecule has 4 nitrogen and oxygen atoms in total. The summed E-state index contributed by atoms with van der Waals surface area (Å²) in [5.74, 6) is 0.293. The Labute approximate surface area is 118 Å². The average molecular weight is 269 g/mol. The molecule has 0 bridgehead atoms. The van der Waals surface area contributed by atoms with Gasteiger partial charge in [0, 0.05) is 18.6 Å². The van der Waals surface area contributed by atoms with Crippen molar-refractivity contribution >= 4 is 5.91 Å². The van der Waals surface area contributed by atoms with Gasteiger partial charge in [-0.05, 0) is 46.2 Å². The third-order valence-corrected chi connectivity index (χ3v) is 4.24. The minimum absolute atomic E-state index is 0.101. The molecule has 0 aromatic carbocycles. The highest BCUT2D eigenvalue weighted by Crippen LogP contribution is 2.18. The van der Waals surface area contributed by atoms with Crippen molar-refractivity contribution in [3.63, 3.8) is 0 Å². The molecular weight excluding hydrogens is 238 g/mol. The van der Waals surface area contributed by atoms with Crippen LogP contribution < -0.4 is 5.73 Å². The molecule has 0 aliphatic carbocycles. The van der Waals surface area contributed by atoms with E-state index in [1.807, 2.05) is 18.7 Å². The maximum Gasteiger partial charge on any atom is 0.240 e. The second-order valence-corrected chi connectivity index (χ2v) is 6.48. The first-order valence-corrected chi connectivity index (χ1v) is 7.61. The first kappa shape index (κ1) is 16.4. The lowest BCUT2D eigenvalue weighted by molar-refractivity contribution is -0.136. The average Bonchev–Trinajstić information content (AvgIpc) is 2.35. The third-order valence-electron chi connectivity index (χ3n) is 4.24. The van der Waals surface area contributed by atoms with E-state index in [-0.39, 0.29) is 23.9 Å². The molecule has 2 N–H and O–H groups in total. The van der Waals surface area contributed by atoms with Gasteiger partial charge in [0.2, 0.25) is 5.91 Å². The maximum atomic E-state index is 12.5. The topological polar surface area (TPSA) is 49.6 Å². The summed E-state index contributed by atoms with van der Waals surface area (Å²) in [6.45, 7) is 10.1. The Balaban J connectivity index is 2.69. The van der Waals surface area contributed by atoms with Crippen LogP contribution in [0.4, 0.5) is 0 Å². The normalized spacial score (nSPS) is 22.8. The molecule has 0 aromatic rings. The smallest absolute Gasteiger partial charge is 0.240 e. The summed E-state index contributed by atoms with van der Waals surface area (Å²) in [4.78, 5) is 16.8. The van der Waals surface area contributed by atoms with Gasteiger partial charge >= 0.3 is 0 Å². The summed E-state index contributed by atoms with van der Waals surface area (Å²) in [7, 11) is 2.16. The van der Waals surface area contributed by atoms with Crippen LogP contribution in [0.25, 0.3) is 0 Å². The minimum Gasteiger partial charge on any atom is -0.337 e. The van der Waals surface area contributed by atoms with Gasteiger partial charge in [-0.1, -0.05) is 20.3 Å². The lowest BCUT2D eigenvalue weighted by Crippen LogP contribution is -2.54. The third kappa shape index (κ3) is 4.46. The Morgan fingerprint density at radius 1 is 1.32 bits per heavy atom. The standard InChI is InChI=1S/C15H31N3O/c1-11(2)14(16)15(19)18(12(3)4)10-13-8-6-7-9-17(13)5/h11-14H,6-10,16H2,1-5H3/t13-,14?/m0/s1. The summed E-state index contributed by atoms with van der Waals surface area (Å²) in [5, 5.41) is 0. The molecule has 19 heavy (non-hydrogen) atoms. The molecule has 0 radical (unpaired) electrons. The van der Waals surface area contributed by atoms with Crippen molar-refractivity contribution in [2.75, 3.05) is 20.1 Å². The Morgan fingerprint density at radius 2 is 1.95 bits per heavy atom. The van der Waals surface area contributed by atoms with Crippen LogP contribution in [0.3, 0.4) is 0 Å². The minimum atomic E-state index is -0.378. The van der Waals surface area contributed by atoms with Crippen LogP contribution in [0.15, 0.2) is 0 Å². The Kier molecular flexibility index (Phi) is 6.27. The lowest BCUT2D eigenvalue weighted by Gasteiger charge is -2.39. The zero-order chi connectivity index (χ0) is 14.6. The highest BCUT2D eigenvalue weighted by atomic mass is 16.2. The molecule has 2 atom stereocenters. The fraction of sp³-hybridized carbons (Fsp3) is 0.933.